The molecule has 0 fully saturated rings. The third-order valence-electron chi connectivity index (χ3n) is 1.33. The van der Waals surface area contributed by atoms with Gasteiger partial charge in [0.2, 0.25) is 10.0 Å². The van der Waals surface area contributed by atoms with Crippen LogP contribution in [0.3, 0.4) is 0 Å². The van der Waals surface area contributed by atoms with E-state index in [1.807, 2.05) is 0 Å². The van der Waals surface area contributed by atoms with Gasteiger partial charge in [0, 0.05) is 10.9 Å². The first kappa shape index (κ1) is 9.66. The lowest BCUT2D eigenvalue weighted by molar-refractivity contribution is 0.600. The van der Waals surface area contributed by atoms with E-state index < -0.39 is 10.0 Å². The molecule has 12 heavy (non-hydrogen) atoms. The van der Waals surface area contributed by atoms with Crippen molar-refractivity contribution >= 4 is 21.4 Å². The second-order valence-electron chi connectivity index (χ2n) is 2.49. The Morgan fingerprint density at radius 3 is 2.33 bits per heavy atom. The Balaban J connectivity index is 3.09. The van der Waals surface area contributed by atoms with E-state index in [4.69, 9.17) is 10.9 Å². The van der Waals surface area contributed by atoms with Gasteiger partial charge in [-0.25, -0.2) is 13.6 Å². The summed E-state index contributed by atoms with van der Waals surface area (Å²) in [6.45, 7) is 1.79. The van der Waals surface area contributed by atoms with Crippen LogP contribution >= 0.6 is 11.3 Å². The minimum absolute atomic E-state index is 0.148. The van der Waals surface area contributed by atoms with Gasteiger partial charge in [-0.05, 0) is 19.1 Å². The summed E-state index contributed by atoms with van der Waals surface area (Å²) in [4.78, 5) is 0.819. The molecule has 1 heterocycles. The normalized spacial score (nSPS) is 14.6. The molecule has 68 valence electrons. The molecule has 4 N–H and O–H groups in total. The smallest absolute Gasteiger partial charge is 0.247 e. The number of hydrogen-bond donors (Lipinski definition) is 2. The van der Waals surface area contributed by atoms with Crippen LogP contribution in [0.15, 0.2) is 16.3 Å². The van der Waals surface area contributed by atoms with Crippen LogP contribution < -0.4 is 10.9 Å². The van der Waals surface area contributed by atoms with Crippen molar-refractivity contribution in [2.24, 2.45) is 10.9 Å². The fourth-order valence-electron chi connectivity index (χ4n) is 0.732. The average molecular weight is 206 g/mol. The Labute approximate surface area is 75.2 Å². The van der Waals surface area contributed by atoms with E-state index in [0.717, 1.165) is 16.2 Å². The van der Waals surface area contributed by atoms with E-state index in [1.165, 1.54) is 6.07 Å². The zero-order chi connectivity index (χ0) is 9.35. The third-order valence-corrected chi connectivity index (χ3v) is 4.06. The molecule has 1 aromatic heterocycles. The van der Waals surface area contributed by atoms with E-state index >= 15 is 0 Å². The molecule has 0 spiro atoms. The van der Waals surface area contributed by atoms with Gasteiger partial charge in [-0.1, -0.05) is 0 Å². The van der Waals surface area contributed by atoms with Gasteiger partial charge in [-0.2, -0.15) is 0 Å². The Hall–Kier alpha value is -0.430. The summed E-state index contributed by atoms with van der Waals surface area (Å²) in [5.41, 5.74) is 5.55. The Bertz CT molecular complexity index is 367. The molecule has 0 bridgehead atoms. The molecule has 0 saturated heterocycles. The largest absolute Gasteiger partial charge is 0.324 e. The van der Waals surface area contributed by atoms with Crippen molar-refractivity contribution in [2.75, 3.05) is 0 Å². The average Bonchev–Trinajstić information content (AvgIpc) is 2.30. The minimum Gasteiger partial charge on any atom is -0.324 e. The van der Waals surface area contributed by atoms with Crippen LogP contribution in [0, 0.1) is 0 Å². The molecule has 0 aromatic carbocycles. The standard InChI is InChI=1S/C6H10N2O2S2/c1-4(7)5-2-3-6(11-5)12(8,9)10/h2-4H,7H2,1H3,(H2,8,9,10)/t4-/m0/s1. The van der Waals surface area contributed by atoms with Gasteiger partial charge in [0.15, 0.2) is 0 Å². The van der Waals surface area contributed by atoms with Crippen LogP contribution in [0.2, 0.25) is 0 Å². The third kappa shape index (κ3) is 2.04. The Morgan fingerprint density at radius 2 is 2.08 bits per heavy atom. The summed E-state index contributed by atoms with van der Waals surface area (Å²) in [5, 5.41) is 4.91. The molecule has 0 aliphatic rings. The van der Waals surface area contributed by atoms with Gasteiger partial charge in [0.25, 0.3) is 0 Å². The van der Waals surface area contributed by atoms with Crippen molar-refractivity contribution in [1.29, 1.82) is 0 Å². The highest BCUT2D eigenvalue weighted by Crippen LogP contribution is 2.24. The van der Waals surface area contributed by atoms with Gasteiger partial charge in [0.1, 0.15) is 4.21 Å². The first-order valence-electron chi connectivity index (χ1n) is 3.29. The van der Waals surface area contributed by atoms with E-state index in [9.17, 15) is 8.42 Å². The molecule has 0 saturated carbocycles. The summed E-state index contributed by atoms with van der Waals surface area (Å²) in [7, 11) is -3.55. The maximum absolute atomic E-state index is 10.8. The van der Waals surface area contributed by atoms with Crippen LogP contribution in [-0.4, -0.2) is 8.42 Å². The van der Waals surface area contributed by atoms with Crippen LogP contribution in [0.25, 0.3) is 0 Å². The Morgan fingerprint density at radius 1 is 1.50 bits per heavy atom. The molecule has 0 amide bonds. The molecule has 0 aliphatic carbocycles. The zero-order valence-corrected chi connectivity index (χ0v) is 8.15. The molecule has 1 atom stereocenters. The van der Waals surface area contributed by atoms with Crippen LogP contribution in [0.4, 0.5) is 0 Å². The van der Waals surface area contributed by atoms with E-state index in [1.54, 1.807) is 13.0 Å². The van der Waals surface area contributed by atoms with E-state index in [0.29, 0.717) is 0 Å². The summed E-state index contributed by atoms with van der Waals surface area (Å²) in [6.07, 6.45) is 0. The first-order valence-corrected chi connectivity index (χ1v) is 5.65. The predicted molar refractivity (Wildman–Crippen MR) is 48.3 cm³/mol. The van der Waals surface area contributed by atoms with Crippen molar-refractivity contribution in [1.82, 2.24) is 0 Å². The highest BCUT2D eigenvalue weighted by atomic mass is 32.2. The molecular weight excluding hydrogens is 196 g/mol. The van der Waals surface area contributed by atoms with Gasteiger partial charge in [0.05, 0.1) is 0 Å². The maximum Gasteiger partial charge on any atom is 0.247 e. The lowest BCUT2D eigenvalue weighted by Gasteiger charge is -1.97. The summed E-state index contributed by atoms with van der Waals surface area (Å²) in [5.74, 6) is 0. The SMILES string of the molecule is C[C@H](N)c1ccc(S(N)(=O)=O)s1. The van der Waals surface area contributed by atoms with Crippen molar-refractivity contribution in [3.63, 3.8) is 0 Å². The topological polar surface area (TPSA) is 86.2 Å². The number of thiophene rings is 1. The van der Waals surface area contributed by atoms with Crippen molar-refractivity contribution < 1.29 is 8.42 Å². The van der Waals surface area contributed by atoms with Gasteiger partial charge in [-0.15, -0.1) is 11.3 Å². The van der Waals surface area contributed by atoms with Crippen LogP contribution in [0.5, 0.6) is 0 Å². The second-order valence-corrected chi connectivity index (χ2v) is 5.39. The number of primary sulfonamides is 1. The predicted octanol–water partition coefficient (Wildman–Crippen LogP) is 0.415. The minimum atomic E-state index is -3.55. The lowest BCUT2D eigenvalue weighted by Crippen LogP contribution is -2.10. The first-order chi connectivity index (χ1) is 5.41. The van der Waals surface area contributed by atoms with Gasteiger partial charge >= 0.3 is 0 Å². The number of rotatable bonds is 2. The molecule has 0 unspecified atom stereocenters. The summed E-state index contributed by atoms with van der Waals surface area (Å²) >= 11 is 1.11. The van der Waals surface area contributed by atoms with E-state index in [2.05, 4.69) is 0 Å². The van der Waals surface area contributed by atoms with Crippen LogP contribution in [0.1, 0.15) is 17.8 Å². The highest BCUT2D eigenvalue weighted by molar-refractivity contribution is 7.91. The monoisotopic (exact) mass is 206 g/mol. The van der Waals surface area contributed by atoms with Crippen molar-refractivity contribution in [2.45, 2.75) is 17.2 Å². The van der Waals surface area contributed by atoms with Gasteiger partial charge in [-0.3, -0.25) is 0 Å². The molecule has 4 nitrogen and oxygen atoms in total. The van der Waals surface area contributed by atoms with Crippen molar-refractivity contribution in [3.05, 3.63) is 17.0 Å². The molecule has 1 rings (SSSR count). The fraction of sp³-hybridized carbons (Fsp3) is 0.333. The number of sulfonamides is 1. The molecule has 0 aliphatic heterocycles. The molecule has 1 aromatic rings. The lowest BCUT2D eigenvalue weighted by atomic mass is 10.3. The van der Waals surface area contributed by atoms with Crippen molar-refractivity contribution in [3.8, 4) is 0 Å². The highest BCUT2D eigenvalue weighted by Gasteiger charge is 2.12. The molecule has 0 radical (unpaired) electrons. The number of hydrogen-bond acceptors (Lipinski definition) is 4. The number of nitrogens with two attached hydrogens (primary N) is 2. The van der Waals surface area contributed by atoms with E-state index in [-0.39, 0.29) is 10.3 Å². The molecular formula is C6H10N2O2S2. The quantitative estimate of drug-likeness (QED) is 0.735. The van der Waals surface area contributed by atoms with Crippen LogP contribution in [-0.2, 0) is 10.0 Å². The second kappa shape index (κ2) is 3.14. The summed E-state index contributed by atoms with van der Waals surface area (Å²) < 4.78 is 21.8. The molecule has 6 heteroatoms. The zero-order valence-electron chi connectivity index (χ0n) is 6.52. The Kier molecular flexibility index (Phi) is 2.52. The van der Waals surface area contributed by atoms with Gasteiger partial charge < -0.3 is 5.73 Å². The summed E-state index contributed by atoms with van der Waals surface area (Å²) in [6, 6.07) is 3.00. The fourth-order valence-corrected chi connectivity index (χ4v) is 2.43. The maximum atomic E-state index is 10.8.